The van der Waals surface area contributed by atoms with Gasteiger partial charge in [0.05, 0.1) is 12.5 Å². The number of carbonyl (C=O) groups is 2. The fourth-order valence-electron chi connectivity index (χ4n) is 2.56. The fraction of sp³-hybridized carbons (Fsp3) is 0.875. The summed E-state index contributed by atoms with van der Waals surface area (Å²) >= 11 is 0. The summed E-state index contributed by atoms with van der Waals surface area (Å²) in [6.07, 6.45) is 2.44. The number of esters is 1. The van der Waals surface area contributed by atoms with Crippen molar-refractivity contribution in [1.29, 1.82) is 0 Å². The van der Waals surface area contributed by atoms with Crippen LogP contribution in [0.4, 0.5) is 4.79 Å². The van der Waals surface area contributed by atoms with E-state index in [1.54, 1.807) is 4.90 Å². The average Bonchev–Trinajstić information content (AvgIpc) is 2.37. The molecule has 0 saturated carbocycles. The van der Waals surface area contributed by atoms with Crippen LogP contribution in [0.3, 0.4) is 0 Å². The number of hydrogen-bond donors (Lipinski definition) is 0. The van der Waals surface area contributed by atoms with Gasteiger partial charge in [-0.3, -0.25) is 4.79 Å². The second kappa shape index (κ2) is 7.66. The lowest BCUT2D eigenvalue weighted by atomic mass is 9.88. The molecule has 0 aliphatic carbocycles. The van der Waals surface area contributed by atoms with E-state index in [-0.39, 0.29) is 18.0 Å². The van der Waals surface area contributed by atoms with Gasteiger partial charge in [0.25, 0.3) is 0 Å². The van der Waals surface area contributed by atoms with E-state index in [1.165, 1.54) is 0 Å². The molecule has 1 saturated heterocycles. The first-order valence-corrected chi connectivity index (χ1v) is 7.87. The summed E-state index contributed by atoms with van der Waals surface area (Å²) in [5.74, 6) is 0.290. The number of carbonyl (C=O) groups excluding carboxylic acids is 2. The predicted octanol–water partition coefficient (Wildman–Crippen LogP) is 3.22. The van der Waals surface area contributed by atoms with Gasteiger partial charge in [-0.1, -0.05) is 6.92 Å². The number of rotatable bonds is 4. The summed E-state index contributed by atoms with van der Waals surface area (Å²) in [5, 5.41) is 0. The van der Waals surface area contributed by atoms with Gasteiger partial charge in [0.15, 0.2) is 0 Å². The molecule has 1 heterocycles. The van der Waals surface area contributed by atoms with Crippen molar-refractivity contribution < 1.29 is 19.1 Å². The number of likely N-dealkylation sites (tertiary alicyclic amines) is 1. The maximum Gasteiger partial charge on any atom is 0.410 e. The lowest BCUT2D eigenvalue weighted by molar-refractivity contribution is -0.148. The molecule has 0 aromatic carbocycles. The Morgan fingerprint density at radius 2 is 1.81 bits per heavy atom. The van der Waals surface area contributed by atoms with Gasteiger partial charge in [-0.15, -0.1) is 0 Å². The number of hydrogen-bond acceptors (Lipinski definition) is 4. The Balaban J connectivity index is 2.35. The van der Waals surface area contributed by atoms with E-state index < -0.39 is 5.60 Å². The van der Waals surface area contributed by atoms with Gasteiger partial charge >= 0.3 is 12.1 Å². The van der Waals surface area contributed by atoms with Crippen LogP contribution >= 0.6 is 0 Å². The first-order chi connectivity index (χ1) is 9.73. The maximum atomic E-state index is 12.0. The largest absolute Gasteiger partial charge is 0.466 e. The van der Waals surface area contributed by atoms with Gasteiger partial charge in [0.2, 0.25) is 0 Å². The third-order valence-electron chi connectivity index (χ3n) is 3.64. The van der Waals surface area contributed by atoms with E-state index >= 15 is 0 Å². The normalized spacial score (nSPS) is 18.2. The van der Waals surface area contributed by atoms with Gasteiger partial charge in [-0.05, 0) is 52.9 Å². The van der Waals surface area contributed by atoms with E-state index in [4.69, 9.17) is 9.47 Å². The third-order valence-corrected chi connectivity index (χ3v) is 3.64. The van der Waals surface area contributed by atoms with Crippen LogP contribution in [0, 0.1) is 11.8 Å². The van der Waals surface area contributed by atoms with Crippen molar-refractivity contribution in [2.75, 3.05) is 19.7 Å². The molecule has 0 N–H and O–H groups in total. The molecule has 1 aliphatic heterocycles. The van der Waals surface area contributed by atoms with E-state index in [2.05, 4.69) is 0 Å². The van der Waals surface area contributed by atoms with Gasteiger partial charge in [0, 0.05) is 13.1 Å². The Kier molecular flexibility index (Phi) is 6.49. The molecule has 0 spiro atoms. The van der Waals surface area contributed by atoms with Crippen LogP contribution in [0.5, 0.6) is 0 Å². The van der Waals surface area contributed by atoms with Crippen LogP contribution in [-0.4, -0.2) is 42.3 Å². The lowest BCUT2D eigenvalue weighted by Crippen LogP contribution is -2.42. The Morgan fingerprint density at radius 3 is 2.29 bits per heavy atom. The second-order valence-corrected chi connectivity index (χ2v) is 6.80. The summed E-state index contributed by atoms with van der Waals surface area (Å²) in [7, 11) is 0. The fourth-order valence-corrected chi connectivity index (χ4v) is 2.56. The van der Waals surface area contributed by atoms with Gasteiger partial charge < -0.3 is 14.4 Å². The molecule has 21 heavy (non-hydrogen) atoms. The van der Waals surface area contributed by atoms with E-state index in [0.29, 0.717) is 25.6 Å². The molecule has 5 nitrogen and oxygen atoms in total. The van der Waals surface area contributed by atoms with Crippen LogP contribution in [0.1, 0.15) is 53.9 Å². The quantitative estimate of drug-likeness (QED) is 0.748. The molecule has 1 amide bonds. The van der Waals surface area contributed by atoms with Crippen LogP contribution in [0.15, 0.2) is 0 Å². The van der Waals surface area contributed by atoms with Crippen molar-refractivity contribution >= 4 is 12.1 Å². The Morgan fingerprint density at radius 1 is 1.24 bits per heavy atom. The standard InChI is InChI=1S/C16H29NO4/c1-6-20-14(18)12(2)11-13-7-9-17(10-8-13)15(19)21-16(3,4)5/h12-13H,6-11H2,1-5H3/t12-/m1/s1. The Hall–Kier alpha value is -1.26. The minimum atomic E-state index is -0.452. The summed E-state index contributed by atoms with van der Waals surface area (Å²) < 4.78 is 10.4. The van der Waals surface area contributed by atoms with Gasteiger partial charge in [-0.2, -0.15) is 0 Å². The summed E-state index contributed by atoms with van der Waals surface area (Å²) in [4.78, 5) is 25.4. The highest BCUT2D eigenvalue weighted by atomic mass is 16.6. The third kappa shape index (κ3) is 6.36. The van der Waals surface area contributed by atoms with Crippen LogP contribution < -0.4 is 0 Å². The van der Waals surface area contributed by atoms with E-state index in [0.717, 1.165) is 19.3 Å². The monoisotopic (exact) mass is 299 g/mol. The summed E-state index contributed by atoms with van der Waals surface area (Å²) in [6.45, 7) is 11.2. The molecule has 0 unspecified atom stereocenters. The summed E-state index contributed by atoms with van der Waals surface area (Å²) in [6, 6.07) is 0. The molecule has 1 atom stereocenters. The lowest BCUT2D eigenvalue weighted by Gasteiger charge is -2.34. The minimum absolute atomic E-state index is 0.0666. The molecule has 0 aromatic rings. The minimum Gasteiger partial charge on any atom is -0.466 e. The summed E-state index contributed by atoms with van der Waals surface area (Å²) in [5.41, 5.74) is -0.452. The van der Waals surface area contributed by atoms with Crippen LogP contribution in [-0.2, 0) is 14.3 Å². The van der Waals surface area contributed by atoms with Gasteiger partial charge in [-0.25, -0.2) is 4.79 Å². The maximum absolute atomic E-state index is 12.0. The molecule has 1 aliphatic rings. The highest BCUT2D eigenvalue weighted by Gasteiger charge is 2.28. The molecule has 1 fully saturated rings. The second-order valence-electron chi connectivity index (χ2n) is 6.80. The van der Waals surface area contributed by atoms with E-state index in [9.17, 15) is 9.59 Å². The molecule has 0 bridgehead atoms. The molecule has 0 aromatic heterocycles. The van der Waals surface area contributed by atoms with Crippen molar-refractivity contribution in [3.05, 3.63) is 0 Å². The van der Waals surface area contributed by atoms with Crippen molar-refractivity contribution in [1.82, 2.24) is 4.90 Å². The zero-order valence-electron chi connectivity index (χ0n) is 14.0. The average molecular weight is 299 g/mol. The Bertz CT molecular complexity index is 354. The highest BCUT2D eigenvalue weighted by molar-refractivity contribution is 5.72. The van der Waals surface area contributed by atoms with E-state index in [1.807, 2.05) is 34.6 Å². The first-order valence-electron chi connectivity index (χ1n) is 7.87. The Labute approximate surface area is 128 Å². The van der Waals surface area contributed by atoms with Crippen LogP contribution in [0.2, 0.25) is 0 Å². The predicted molar refractivity (Wildman–Crippen MR) is 80.9 cm³/mol. The molecule has 1 rings (SSSR count). The number of nitrogens with zero attached hydrogens (tertiary/aromatic N) is 1. The number of piperidine rings is 1. The first kappa shape index (κ1) is 17.8. The zero-order chi connectivity index (χ0) is 16.0. The molecular weight excluding hydrogens is 270 g/mol. The van der Waals surface area contributed by atoms with Crippen molar-refractivity contribution in [3.63, 3.8) is 0 Å². The molecule has 0 radical (unpaired) electrons. The topological polar surface area (TPSA) is 55.8 Å². The molecule has 5 heteroatoms. The van der Waals surface area contributed by atoms with Crippen molar-refractivity contribution in [2.24, 2.45) is 11.8 Å². The van der Waals surface area contributed by atoms with Crippen molar-refractivity contribution in [2.45, 2.75) is 59.5 Å². The number of ether oxygens (including phenoxy) is 2. The highest BCUT2D eigenvalue weighted by Crippen LogP contribution is 2.25. The van der Waals surface area contributed by atoms with Crippen molar-refractivity contribution in [3.8, 4) is 0 Å². The zero-order valence-corrected chi connectivity index (χ0v) is 14.0. The van der Waals surface area contributed by atoms with Crippen LogP contribution in [0.25, 0.3) is 0 Å². The molecular formula is C16H29NO4. The molecule has 122 valence electrons. The number of amides is 1. The smallest absolute Gasteiger partial charge is 0.410 e. The SMILES string of the molecule is CCOC(=O)[C@H](C)CC1CCN(C(=O)OC(C)(C)C)CC1. The van der Waals surface area contributed by atoms with Gasteiger partial charge in [0.1, 0.15) is 5.60 Å².